The van der Waals surface area contributed by atoms with Crippen LogP contribution >= 0.6 is 0 Å². The minimum absolute atomic E-state index is 0.0435. The van der Waals surface area contributed by atoms with Gasteiger partial charge in [0.05, 0.1) is 5.41 Å². The summed E-state index contributed by atoms with van der Waals surface area (Å²) in [4.78, 5) is 37.3. The summed E-state index contributed by atoms with van der Waals surface area (Å²) in [5, 5.41) is 2.97. The second kappa shape index (κ2) is 9.06. The number of carbonyl (C=O) groups excluding carboxylic acids is 2. The van der Waals surface area contributed by atoms with Gasteiger partial charge in [0, 0.05) is 18.3 Å². The van der Waals surface area contributed by atoms with E-state index in [1.54, 1.807) is 6.20 Å². The van der Waals surface area contributed by atoms with Crippen LogP contribution in [0.1, 0.15) is 75.1 Å². The number of aliphatic imine (C=N–C) groups is 1. The normalized spacial score (nSPS) is 22.1. The van der Waals surface area contributed by atoms with Gasteiger partial charge in [0.1, 0.15) is 17.2 Å². The lowest BCUT2D eigenvalue weighted by molar-refractivity contribution is -0.127. The van der Waals surface area contributed by atoms with Gasteiger partial charge in [0.25, 0.3) is 5.91 Å². The van der Waals surface area contributed by atoms with Gasteiger partial charge in [-0.25, -0.2) is 4.98 Å². The third kappa shape index (κ3) is 3.79. The summed E-state index contributed by atoms with van der Waals surface area (Å²) < 4.78 is 0. The highest BCUT2D eigenvalue weighted by molar-refractivity contribution is 6.40. The Labute approximate surface area is 207 Å². The van der Waals surface area contributed by atoms with Crippen molar-refractivity contribution in [2.45, 2.75) is 76.8 Å². The summed E-state index contributed by atoms with van der Waals surface area (Å²) in [7, 11) is 0. The maximum absolute atomic E-state index is 13.1. The van der Waals surface area contributed by atoms with Crippen LogP contribution in [0, 0.1) is 0 Å². The molecule has 0 saturated heterocycles. The maximum atomic E-state index is 13.1. The van der Waals surface area contributed by atoms with Gasteiger partial charge in [-0.1, -0.05) is 70.0 Å². The van der Waals surface area contributed by atoms with Crippen molar-refractivity contribution in [1.29, 1.82) is 0 Å². The number of amides is 2. The number of anilines is 1. The Morgan fingerprint density at radius 3 is 2.57 bits per heavy atom. The lowest BCUT2D eigenvalue weighted by Crippen LogP contribution is -2.46. The number of hydrogen-bond acceptors (Lipinski definition) is 4. The Kier molecular flexibility index (Phi) is 6.07. The van der Waals surface area contributed by atoms with Crippen LogP contribution in [0.3, 0.4) is 0 Å². The summed E-state index contributed by atoms with van der Waals surface area (Å²) in [5.41, 5.74) is 4.26. The number of nitrogens with one attached hydrogen (secondary N) is 1. The molecule has 1 unspecified atom stereocenters. The molecule has 1 spiro atoms. The number of benzene rings is 1. The van der Waals surface area contributed by atoms with E-state index < -0.39 is 11.1 Å². The highest BCUT2D eigenvalue weighted by Crippen LogP contribution is 2.46. The van der Waals surface area contributed by atoms with Gasteiger partial charge >= 0.3 is 0 Å². The fourth-order valence-electron chi connectivity index (χ4n) is 6.18. The predicted octanol–water partition coefficient (Wildman–Crippen LogP) is 5.07. The van der Waals surface area contributed by atoms with Crippen molar-refractivity contribution in [1.82, 2.24) is 9.88 Å². The monoisotopic (exact) mass is 470 g/mol. The van der Waals surface area contributed by atoms with Gasteiger partial charge < -0.3 is 10.2 Å². The first-order valence-electron chi connectivity index (χ1n) is 12.9. The molecule has 35 heavy (non-hydrogen) atoms. The van der Waals surface area contributed by atoms with E-state index in [9.17, 15) is 9.59 Å². The molecule has 1 atom stereocenters. The van der Waals surface area contributed by atoms with Gasteiger partial charge in [-0.15, -0.1) is 0 Å². The first kappa shape index (κ1) is 23.5. The van der Waals surface area contributed by atoms with Crippen LogP contribution in [-0.4, -0.2) is 39.6 Å². The molecule has 0 fully saturated rings. The average molecular weight is 471 g/mol. The molecule has 2 aromatic rings. The zero-order chi connectivity index (χ0) is 24.6. The van der Waals surface area contributed by atoms with Crippen molar-refractivity contribution in [3.05, 3.63) is 64.9 Å². The third-order valence-corrected chi connectivity index (χ3v) is 7.78. The van der Waals surface area contributed by atoms with Crippen molar-refractivity contribution in [3.63, 3.8) is 0 Å². The first-order chi connectivity index (χ1) is 17.0. The molecule has 182 valence electrons. The molecule has 2 aliphatic heterocycles. The van der Waals surface area contributed by atoms with Crippen LogP contribution in [0.2, 0.25) is 0 Å². The number of fused-ring (bicyclic) bond motifs is 3. The quantitative estimate of drug-likeness (QED) is 0.585. The smallest absolute Gasteiger partial charge is 0.270 e. The minimum atomic E-state index is -0.552. The number of pyridine rings is 1. The number of aromatic nitrogens is 1. The largest absolute Gasteiger partial charge is 0.310 e. The van der Waals surface area contributed by atoms with Crippen LogP contribution in [0.5, 0.6) is 0 Å². The number of hydrogen-bond donors (Lipinski definition) is 1. The molecule has 5 rings (SSSR count). The molecule has 6 nitrogen and oxygen atoms in total. The molecular weight excluding hydrogens is 436 g/mol. The molecule has 3 aliphatic rings. The van der Waals surface area contributed by atoms with Crippen LogP contribution in [0.4, 0.5) is 5.82 Å². The highest BCUT2D eigenvalue weighted by atomic mass is 16.2. The van der Waals surface area contributed by atoms with Crippen molar-refractivity contribution in [2.24, 2.45) is 4.99 Å². The van der Waals surface area contributed by atoms with Crippen molar-refractivity contribution < 1.29 is 9.59 Å². The second-order valence-electron chi connectivity index (χ2n) is 10.0. The van der Waals surface area contributed by atoms with Gasteiger partial charge in [-0.05, 0) is 54.9 Å². The van der Waals surface area contributed by atoms with Gasteiger partial charge in [0.2, 0.25) is 5.91 Å². The van der Waals surface area contributed by atoms with Crippen molar-refractivity contribution >= 4 is 29.4 Å². The number of carbonyl (C=O) groups is 2. The van der Waals surface area contributed by atoms with E-state index in [0.29, 0.717) is 37.3 Å². The third-order valence-electron chi connectivity index (χ3n) is 7.78. The Balaban J connectivity index is 1.35. The lowest BCUT2D eigenvalue weighted by Gasteiger charge is -2.35. The molecular formula is C29H34N4O2. The topological polar surface area (TPSA) is 74.7 Å². The highest BCUT2D eigenvalue weighted by Gasteiger charge is 2.51. The molecule has 6 heteroatoms. The second-order valence-corrected chi connectivity index (χ2v) is 10.0. The molecule has 3 heterocycles. The van der Waals surface area contributed by atoms with E-state index in [1.165, 1.54) is 11.1 Å². The number of nitrogens with zero attached hydrogens (tertiary/aromatic N) is 3. The molecule has 2 amide bonds. The summed E-state index contributed by atoms with van der Waals surface area (Å²) in [6, 6.07) is 10.4. The molecule has 0 radical (unpaired) electrons. The average Bonchev–Trinajstić information content (AvgIpc) is 3.45. The fourth-order valence-corrected chi connectivity index (χ4v) is 6.18. The Hall–Kier alpha value is -3.28. The van der Waals surface area contributed by atoms with E-state index in [-0.39, 0.29) is 11.8 Å². The van der Waals surface area contributed by atoms with Gasteiger partial charge in [-0.2, -0.15) is 0 Å². The minimum Gasteiger partial charge on any atom is -0.310 e. The Bertz CT molecular complexity index is 1220. The van der Waals surface area contributed by atoms with Gasteiger partial charge in [0.15, 0.2) is 0 Å². The Morgan fingerprint density at radius 1 is 1.06 bits per heavy atom. The molecule has 1 aliphatic carbocycles. The van der Waals surface area contributed by atoms with Crippen LogP contribution in [0.25, 0.3) is 6.08 Å². The predicted molar refractivity (Wildman–Crippen MR) is 139 cm³/mol. The molecule has 1 aromatic carbocycles. The Morgan fingerprint density at radius 2 is 1.83 bits per heavy atom. The molecule has 1 N–H and O–H groups in total. The fraction of sp³-hybridized carbons (Fsp3) is 0.448. The zero-order valence-corrected chi connectivity index (χ0v) is 20.9. The standard InChI is InChI=1S/C29H34N4O2/c1-4-13-29(14-5-2)32-24(6-3)26(34)33(29)16-8-9-20-11-12-21-18-28(19-22(21)17-20)23-10-7-15-30-25(23)31-27(28)35/h7-12,15,17H,4-6,13-14,16,18-19H2,1-3H3,(H,30,31,35)/b9-8+. The van der Waals surface area contributed by atoms with Crippen LogP contribution < -0.4 is 5.32 Å². The summed E-state index contributed by atoms with van der Waals surface area (Å²) in [5.74, 6) is 0.813. The van der Waals surface area contributed by atoms with Crippen molar-refractivity contribution in [3.8, 4) is 0 Å². The summed E-state index contributed by atoms with van der Waals surface area (Å²) in [6.45, 7) is 6.88. The molecule has 0 saturated carbocycles. The van der Waals surface area contributed by atoms with E-state index in [2.05, 4.69) is 54.5 Å². The van der Waals surface area contributed by atoms with Crippen molar-refractivity contribution in [2.75, 3.05) is 11.9 Å². The van der Waals surface area contributed by atoms with E-state index in [1.807, 2.05) is 24.0 Å². The molecule has 1 aromatic heterocycles. The van der Waals surface area contributed by atoms with E-state index in [4.69, 9.17) is 4.99 Å². The van der Waals surface area contributed by atoms with E-state index in [0.717, 1.165) is 36.8 Å². The number of rotatable bonds is 8. The summed E-state index contributed by atoms with van der Waals surface area (Å²) >= 11 is 0. The van der Waals surface area contributed by atoms with E-state index >= 15 is 0 Å². The summed E-state index contributed by atoms with van der Waals surface area (Å²) in [6.07, 6.45) is 11.7. The molecule has 0 bridgehead atoms. The zero-order valence-electron chi connectivity index (χ0n) is 20.9. The van der Waals surface area contributed by atoms with Gasteiger partial charge in [-0.3, -0.25) is 14.6 Å². The van der Waals surface area contributed by atoms with Crippen LogP contribution in [-0.2, 0) is 27.8 Å². The van der Waals surface area contributed by atoms with Crippen LogP contribution in [0.15, 0.2) is 47.6 Å². The lowest BCUT2D eigenvalue weighted by atomic mass is 9.79. The SMILES string of the molecule is CCCC1(CCC)N=C(CC)C(=O)N1C/C=C/c1ccc2c(c1)CC1(C2)C(=O)Nc2ncccc21. The first-order valence-corrected chi connectivity index (χ1v) is 12.9. The maximum Gasteiger partial charge on any atom is 0.270 e.